The van der Waals surface area contributed by atoms with Crippen LogP contribution in [0.25, 0.3) is 0 Å². The molecule has 18 heavy (non-hydrogen) atoms. The molecular weight excluding hydrogens is 317 g/mol. The van der Waals surface area contributed by atoms with Gasteiger partial charge in [0.25, 0.3) is 0 Å². The first-order valence-corrected chi connectivity index (χ1v) is 6.98. The van der Waals surface area contributed by atoms with Gasteiger partial charge in [0.1, 0.15) is 5.82 Å². The van der Waals surface area contributed by atoms with E-state index in [0.717, 1.165) is 10.2 Å². The summed E-state index contributed by atoms with van der Waals surface area (Å²) in [5.74, 6) is -0.233. The number of carbonyl (C=O) groups is 1. The van der Waals surface area contributed by atoms with Crippen LogP contribution < -0.4 is 4.90 Å². The number of rotatable bonds is 4. The minimum Gasteiger partial charge on any atom is -0.367 e. The number of ketones is 1. The number of Topliss-reactive ketones (excluding diaryl/α,β-unsaturated/α-hetero) is 1. The molecule has 94 valence electrons. The largest absolute Gasteiger partial charge is 0.367 e. The van der Waals surface area contributed by atoms with Crippen LogP contribution in [0.1, 0.15) is 9.67 Å². The molecule has 0 amide bonds. The van der Waals surface area contributed by atoms with Gasteiger partial charge in [0.15, 0.2) is 5.78 Å². The summed E-state index contributed by atoms with van der Waals surface area (Å²) < 4.78 is 13.6. The number of likely N-dealkylation sites (N-methyl/N-ethyl adjacent to an activating group) is 1. The van der Waals surface area contributed by atoms with Crippen LogP contribution in [0.2, 0.25) is 0 Å². The zero-order chi connectivity index (χ0) is 13.1. The van der Waals surface area contributed by atoms with Gasteiger partial charge in [0.05, 0.1) is 11.4 Å². The van der Waals surface area contributed by atoms with Gasteiger partial charge < -0.3 is 4.90 Å². The lowest BCUT2D eigenvalue weighted by Gasteiger charge is -2.18. The van der Waals surface area contributed by atoms with Crippen LogP contribution in [0.15, 0.2) is 40.2 Å². The van der Waals surface area contributed by atoms with Crippen molar-refractivity contribution >= 4 is 38.7 Å². The minimum absolute atomic E-state index is 0.0451. The van der Waals surface area contributed by atoms with Gasteiger partial charge in [0, 0.05) is 17.2 Å². The Labute approximate surface area is 117 Å². The summed E-state index contributed by atoms with van der Waals surface area (Å²) in [5, 5.41) is 1.87. The van der Waals surface area contributed by atoms with E-state index in [1.54, 1.807) is 17.0 Å². The maximum absolute atomic E-state index is 12.8. The quantitative estimate of drug-likeness (QED) is 0.792. The Hall–Kier alpha value is -1.20. The van der Waals surface area contributed by atoms with E-state index in [9.17, 15) is 9.18 Å². The predicted molar refractivity (Wildman–Crippen MR) is 76.0 cm³/mol. The smallest absolute Gasteiger partial charge is 0.193 e. The van der Waals surface area contributed by atoms with Crippen molar-refractivity contribution in [3.8, 4) is 0 Å². The van der Waals surface area contributed by atoms with Crippen molar-refractivity contribution in [3.63, 3.8) is 0 Å². The molecule has 2 aromatic rings. The summed E-state index contributed by atoms with van der Waals surface area (Å²) in [6.45, 7) is 0.269. The fourth-order valence-electron chi connectivity index (χ4n) is 1.57. The van der Waals surface area contributed by atoms with Gasteiger partial charge in [-0.3, -0.25) is 4.79 Å². The Balaban J connectivity index is 2.08. The molecule has 0 saturated carbocycles. The molecule has 5 heteroatoms. The molecule has 1 aromatic heterocycles. The maximum Gasteiger partial charge on any atom is 0.193 e. The first-order chi connectivity index (χ1) is 8.58. The number of hydrogen-bond acceptors (Lipinski definition) is 3. The minimum atomic E-state index is -0.278. The van der Waals surface area contributed by atoms with E-state index in [-0.39, 0.29) is 18.1 Å². The maximum atomic E-state index is 12.8. The summed E-state index contributed by atoms with van der Waals surface area (Å²) in [6.07, 6.45) is 0. The van der Waals surface area contributed by atoms with Crippen LogP contribution in [-0.2, 0) is 0 Å². The highest BCUT2D eigenvalue weighted by atomic mass is 79.9. The number of carbonyl (C=O) groups excluding carboxylic acids is 1. The Kier molecular flexibility index (Phi) is 4.14. The summed E-state index contributed by atoms with van der Waals surface area (Å²) >= 11 is 4.76. The Morgan fingerprint density at radius 3 is 2.56 bits per heavy atom. The average molecular weight is 328 g/mol. The highest BCUT2D eigenvalue weighted by Gasteiger charge is 2.14. The molecule has 0 aliphatic carbocycles. The fourth-order valence-corrected chi connectivity index (χ4v) is 3.09. The van der Waals surface area contributed by atoms with Crippen LogP contribution in [-0.4, -0.2) is 19.4 Å². The standard InChI is InChI=1S/C13H11BrFNOS/c1-16(10-4-2-9(15)3-5-10)8-12(17)13-11(14)6-7-18-13/h2-7H,8H2,1H3. The second kappa shape index (κ2) is 5.63. The molecule has 0 spiro atoms. The molecule has 1 aromatic carbocycles. The van der Waals surface area contributed by atoms with Crippen molar-refractivity contribution in [3.05, 3.63) is 50.9 Å². The van der Waals surface area contributed by atoms with Crippen molar-refractivity contribution in [1.29, 1.82) is 0 Å². The van der Waals surface area contributed by atoms with Gasteiger partial charge in [-0.25, -0.2) is 4.39 Å². The average Bonchev–Trinajstić information content (AvgIpc) is 2.76. The third kappa shape index (κ3) is 2.97. The van der Waals surface area contributed by atoms with Crippen LogP contribution in [0.4, 0.5) is 10.1 Å². The highest BCUT2D eigenvalue weighted by molar-refractivity contribution is 9.10. The monoisotopic (exact) mass is 327 g/mol. The Morgan fingerprint density at radius 2 is 2.00 bits per heavy atom. The number of hydrogen-bond donors (Lipinski definition) is 0. The zero-order valence-electron chi connectivity index (χ0n) is 9.69. The van der Waals surface area contributed by atoms with Crippen molar-refractivity contribution in [2.45, 2.75) is 0 Å². The fraction of sp³-hybridized carbons (Fsp3) is 0.154. The van der Waals surface area contributed by atoms with E-state index in [1.165, 1.54) is 23.5 Å². The summed E-state index contributed by atoms with van der Waals surface area (Å²) in [7, 11) is 1.81. The van der Waals surface area contributed by atoms with Crippen LogP contribution in [0, 0.1) is 5.82 Å². The number of benzene rings is 1. The third-order valence-electron chi connectivity index (χ3n) is 2.52. The van der Waals surface area contributed by atoms with E-state index >= 15 is 0 Å². The summed E-state index contributed by atoms with van der Waals surface area (Å²) in [4.78, 5) is 14.6. The molecule has 0 N–H and O–H groups in total. The van der Waals surface area contributed by atoms with Crippen molar-refractivity contribution in [2.24, 2.45) is 0 Å². The predicted octanol–water partition coefficient (Wildman–Crippen LogP) is 3.97. The molecule has 1 heterocycles. The van der Waals surface area contributed by atoms with Crippen LogP contribution in [0.3, 0.4) is 0 Å². The lowest BCUT2D eigenvalue weighted by atomic mass is 10.2. The van der Waals surface area contributed by atoms with Gasteiger partial charge >= 0.3 is 0 Å². The summed E-state index contributed by atoms with van der Waals surface area (Å²) in [5.41, 5.74) is 0.817. The molecule has 0 aliphatic heterocycles. The second-order valence-electron chi connectivity index (χ2n) is 3.85. The third-order valence-corrected chi connectivity index (χ3v) is 4.40. The number of thiophene rings is 1. The SMILES string of the molecule is CN(CC(=O)c1sccc1Br)c1ccc(F)cc1. The van der Waals surface area contributed by atoms with Crippen LogP contribution >= 0.6 is 27.3 Å². The molecule has 0 radical (unpaired) electrons. The number of halogens is 2. The van der Waals surface area contributed by atoms with E-state index in [1.807, 2.05) is 18.5 Å². The first-order valence-electron chi connectivity index (χ1n) is 5.31. The molecule has 2 nitrogen and oxygen atoms in total. The van der Waals surface area contributed by atoms with Gasteiger partial charge in [-0.05, 0) is 51.6 Å². The molecule has 0 unspecified atom stereocenters. The van der Waals surface area contributed by atoms with E-state index in [4.69, 9.17) is 0 Å². The topological polar surface area (TPSA) is 20.3 Å². The Bertz CT molecular complexity index is 552. The lowest BCUT2D eigenvalue weighted by Crippen LogP contribution is -2.25. The molecule has 0 atom stereocenters. The van der Waals surface area contributed by atoms with Gasteiger partial charge in [-0.15, -0.1) is 11.3 Å². The molecule has 2 rings (SSSR count). The molecule has 0 bridgehead atoms. The zero-order valence-corrected chi connectivity index (χ0v) is 12.1. The molecule has 0 saturated heterocycles. The van der Waals surface area contributed by atoms with Crippen LogP contribution in [0.5, 0.6) is 0 Å². The highest BCUT2D eigenvalue weighted by Crippen LogP contribution is 2.24. The second-order valence-corrected chi connectivity index (χ2v) is 5.62. The number of nitrogens with zero attached hydrogens (tertiary/aromatic N) is 1. The molecule has 0 fully saturated rings. The van der Waals surface area contributed by atoms with Crippen molar-refractivity contribution < 1.29 is 9.18 Å². The van der Waals surface area contributed by atoms with Gasteiger partial charge in [0.2, 0.25) is 0 Å². The van der Waals surface area contributed by atoms with E-state index in [0.29, 0.717) is 4.88 Å². The van der Waals surface area contributed by atoms with Crippen molar-refractivity contribution in [1.82, 2.24) is 0 Å². The van der Waals surface area contributed by atoms with Gasteiger partial charge in [-0.2, -0.15) is 0 Å². The number of anilines is 1. The van der Waals surface area contributed by atoms with Crippen molar-refractivity contribution in [2.75, 3.05) is 18.5 Å². The lowest BCUT2D eigenvalue weighted by molar-refractivity contribution is 0.100. The van der Waals surface area contributed by atoms with E-state index in [2.05, 4.69) is 15.9 Å². The first kappa shape index (κ1) is 13.2. The Morgan fingerprint density at radius 1 is 1.33 bits per heavy atom. The molecule has 0 aliphatic rings. The molecular formula is C13H11BrFNOS. The van der Waals surface area contributed by atoms with E-state index < -0.39 is 0 Å². The normalized spacial score (nSPS) is 10.4. The summed E-state index contributed by atoms with van der Waals surface area (Å²) in [6, 6.07) is 7.95. The van der Waals surface area contributed by atoms with Gasteiger partial charge in [-0.1, -0.05) is 0 Å².